The fourth-order valence-corrected chi connectivity index (χ4v) is 2.58. The second kappa shape index (κ2) is 4.65. The van der Waals surface area contributed by atoms with Crippen molar-refractivity contribution in [3.8, 4) is 0 Å². The highest BCUT2D eigenvalue weighted by molar-refractivity contribution is 5.13. The smallest absolute Gasteiger partial charge is 0.0194 e. The predicted octanol–water partition coefficient (Wildman–Crippen LogP) is 2.65. The first-order chi connectivity index (χ1) is 6.92. The second-order valence-electron chi connectivity index (χ2n) is 4.18. The SMILES string of the molecule is CCNC1CCCCC1c1ccc[nH]1. The lowest BCUT2D eigenvalue weighted by Crippen LogP contribution is -2.37. The molecule has 0 aromatic carbocycles. The summed E-state index contributed by atoms with van der Waals surface area (Å²) in [6.45, 7) is 3.28. The first-order valence-corrected chi connectivity index (χ1v) is 5.78. The van der Waals surface area contributed by atoms with E-state index in [1.54, 1.807) is 0 Å². The van der Waals surface area contributed by atoms with Gasteiger partial charge in [0.05, 0.1) is 0 Å². The van der Waals surface area contributed by atoms with E-state index in [1.165, 1.54) is 31.4 Å². The molecule has 2 atom stereocenters. The molecule has 0 aliphatic heterocycles. The van der Waals surface area contributed by atoms with Gasteiger partial charge in [0.15, 0.2) is 0 Å². The van der Waals surface area contributed by atoms with Gasteiger partial charge in [-0.25, -0.2) is 0 Å². The molecule has 1 aliphatic carbocycles. The van der Waals surface area contributed by atoms with E-state index in [4.69, 9.17) is 0 Å². The van der Waals surface area contributed by atoms with Crippen molar-refractivity contribution in [1.82, 2.24) is 10.3 Å². The summed E-state index contributed by atoms with van der Waals surface area (Å²) < 4.78 is 0. The number of aromatic amines is 1. The molecule has 0 saturated heterocycles. The fourth-order valence-electron chi connectivity index (χ4n) is 2.58. The van der Waals surface area contributed by atoms with Crippen LogP contribution in [0.2, 0.25) is 0 Å². The highest BCUT2D eigenvalue weighted by atomic mass is 14.9. The first kappa shape index (κ1) is 9.78. The molecule has 2 nitrogen and oxygen atoms in total. The first-order valence-electron chi connectivity index (χ1n) is 5.78. The molecule has 2 rings (SSSR count). The molecule has 2 unspecified atom stereocenters. The summed E-state index contributed by atoms with van der Waals surface area (Å²) >= 11 is 0. The van der Waals surface area contributed by atoms with E-state index < -0.39 is 0 Å². The Morgan fingerprint density at radius 2 is 2.29 bits per heavy atom. The van der Waals surface area contributed by atoms with Crippen LogP contribution < -0.4 is 5.32 Å². The second-order valence-corrected chi connectivity index (χ2v) is 4.18. The summed E-state index contributed by atoms with van der Waals surface area (Å²) in [6, 6.07) is 5.01. The van der Waals surface area contributed by atoms with Gasteiger partial charge >= 0.3 is 0 Å². The zero-order chi connectivity index (χ0) is 9.80. The molecular formula is C12H20N2. The van der Waals surface area contributed by atoms with Crippen molar-refractivity contribution < 1.29 is 0 Å². The Hall–Kier alpha value is -0.760. The lowest BCUT2D eigenvalue weighted by Gasteiger charge is -2.31. The van der Waals surface area contributed by atoms with E-state index >= 15 is 0 Å². The number of aromatic nitrogens is 1. The quantitative estimate of drug-likeness (QED) is 0.757. The van der Waals surface area contributed by atoms with Gasteiger partial charge in [0.2, 0.25) is 0 Å². The minimum absolute atomic E-state index is 0.687. The van der Waals surface area contributed by atoms with E-state index in [1.807, 2.05) is 6.20 Å². The van der Waals surface area contributed by atoms with Gasteiger partial charge in [-0.1, -0.05) is 19.8 Å². The third kappa shape index (κ3) is 2.01. The van der Waals surface area contributed by atoms with Crippen LogP contribution in [0.5, 0.6) is 0 Å². The van der Waals surface area contributed by atoms with E-state index in [0.717, 1.165) is 6.54 Å². The van der Waals surface area contributed by atoms with Gasteiger partial charge in [-0.3, -0.25) is 0 Å². The molecule has 1 aliphatic rings. The molecule has 1 aromatic heterocycles. The van der Waals surface area contributed by atoms with E-state index in [2.05, 4.69) is 29.4 Å². The van der Waals surface area contributed by atoms with E-state index in [9.17, 15) is 0 Å². The summed E-state index contributed by atoms with van der Waals surface area (Å²) in [5.74, 6) is 0.707. The number of hydrogen-bond acceptors (Lipinski definition) is 1. The molecule has 78 valence electrons. The van der Waals surface area contributed by atoms with Crippen LogP contribution in [0.4, 0.5) is 0 Å². The molecule has 0 bridgehead atoms. The minimum Gasteiger partial charge on any atom is -0.365 e. The normalized spacial score (nSPS) is 27.8. The molecule has 1 fully saturated rings. The largest absolute Gasteiger partial charge is 0.365 e. The Bertz CT molecular complexity index is 251. The highest BCUT2D eigenvalue weighted by Gasteiger charge is 2.25. The molecule has 1 aromatic rings. The summed E-state index contributed by atoms with van der Waals surface area (Å²) in [6.07, 6.45) is 7.46. The molecule has 1 heterocycles. The van der Waals surface area contributed by atoms with Crippen LogP contribution in [0.15, 0.2) is 18.3 Å². The number of H-pyrrole nitrogens is 1. The Morgan fingerprint density at radius 3 is 3.00 bits per heavy atom. The van der Waals surface area contributed by atoms with Gasteiger partial charge in [-0.2, -0.15) is 0 Å². The number of likely N-dealkylation sites (N-methyl/N-ethyl adjacent to an activating group) is 1. The molecule has 0 radical (unpaired) electrons. The van der Waals surface area contributed by atoms with Crippen LogP contribution in [-0.4, -0.2) is 17.6 Å². The maximum Gasteiger partial charge on any atom is 0.0194 e. The van der Waals surface area contributed by atoms with Crippen molar-refractivity contribution in [2.24, 2.45) is 0 Å². The predicted molar refractivity (Wildman–Crippen MR) is 59.5 cm³/mol. The fraction of sp³-hybridized carbons (Fsp3) is 0.667. The zero-order valence-electron chi connectivity index (χ0n) is 8.92. The van der Waals surface area contributed by atoms with Crippen molar-refractivity contribution in [3.63, 3.8) is 0 Å². The lowest BCUT2D eigenvalue weighted by atomic mass is 9.82. The van der Waals surface area contributed by atoms with Crippen LogP contribution in [0.25, 0.3) is 0 Å². The van der Waals surface area contributed by atoms with Crippen LogP contribution in [0.3, 0.4) is 0 Å². The minimum atomic E-state index is 0.687. The van der Waals surface area contributed by atoms with Gasteiger partial charge in [0.25, 0.3) is 0 Å². The van der Waals surface area contributed by atoms with Gasteiger partial charge in [-0.15, -0.1) is 0 Å². The maximum absolute atomic E-state index is 3.60. The van der Waals surface area contributed by atoms with Crippen LogP contribution in [0.1, 0.15) is 44.2 Å². The van der Waals surface area contributed by atoms with Crippen molar-refractivity contribution >= 4 is 0 Å². The van der Waals surface area contributed by atoms with Crippen LogP contribution in [-0.2, 0) is 0 Å². The number of hydrogen-bond donors (Lipinski definition) is 2. The third-order valence-corrected chi connectivity index (χ3v) is 3.25. The van der Waals surface area contributed by atoms with Crippen LogP contribution >= 0.6 is 0 Å². The van der Waals surface area contributed by atoms with Crippen LogP contribution in [0, 0.1) is 0 Å². The van der Waals surface area contributed by atoms with Gasteiger partial charge in [0, 0.05) is 23.9 Å². The maximum atomic E-state index is 3.60. The molecule has 2 heteroatoms. The summed E-state index contributed by atoms with van der Waals surface area (Å²) in [4.78, 5) is 3.36. The van der Waals surface area contributed by atoms with E-state index in [-0.39, 0.29) is 0 Å². The molecule has 0 spiro atoms. The summed E-state index contributed by atoms with van der Waals surface area (Å²) in [5.41, 5.74) is 1.41. The Balaban J connectivity index is 2.06. The molecular weight excluding hydrogens is 172 g/mol. The molecule has 1 saturated carbocycles. The molecule has 0 amide bonds. The van der Waals surface area contributed by atoms with Crippen molar-refractivity contribution in [1.29, 1.82) is 0 Å². The molecule has 14 heavy (non-hydrogen) atoms. The Kier molecular flexibility index (Phi) is 3.25. The number of rotatable bonds is 3. The Labute approximate surface area is 86.1 Å². The zero-order valence-corrected chi connectivity index (χ0v) is 8.92. The standard InChI is InChI=1S/C12H20N2/c1-2-13-11-7-4-3-6-10(11)12-8-5-9-14-12/h5,8-11,13-14H,2-4,6-7H2,1H3. The summed E-state index contributed by atoms with van der Waals surface area (Å²) in [7, 11) is 0. The monoisotopic (exact) mass is 192 g/mol. The topological polar surface area (TPSA) is 27.8 Å². The van der Waals surface area contributed by atoms with Crippen molar-refractivity contribution in [2.75, 3.05) is 6.54 Å². The van der Waals surface area contributed by atoms with Crippen molar-refractivity contribution in [3.05, 3.63) is 24.0 Å². The van der Waals surface area contributed by atoms with Gasteiger partial charge in [0.1, 0.15) is 0 Å². The Morgan fingerprint density at radius 1 is 1.43 bits per heavy atom. The van der Waals surface area contributed by atoms with Crippen molar-refractivity contribution in [2.45, 2.75) is 44.6 Å². The summed E-state index contributed by atoms with van der Waals surface area (Å²) in [5, 5.41) is 3.60. The average Bonchev–Trinajstić information content (AvgIpc) is 2.72. The number of nitrogens with one attached hydrogen (secondary N) is 2. The highest BCUT2D eigenvalue weighted by Crippen LogP contribution is 2.31. The van der Waals surface area contributed by atoms with E-state index in [0.29, 0.717) is 12.0 Å². The lowest BCUT2D eigenvalue weighted by molar-refractivity contribution is 0.329. The molecule has 2 N–H and O–H groups in total. The third-order valence-electron chi connectivity index (χ3n) is 3.25. The average molecular weight is 192 g/mol. The van der Waals surface area contributed by atoms with Gasteiger partial charge in [-0.05, 0) is 31.5 Å². The van der Waals surface area contributed by atoms with Gasteiger partial charge < -0.3 is 10.3 Å².